The van der Waals surface area contributed by atoms with Gasteiger partial charge in [0, 0.05) is 36.3 Å². The average Bonchev–Trinajstić information content (AvgIpc) is 3.57. The van der Waals surface area contributed by atoms with Crippen LogP contribution < -0.4 is 5.32 Å². The number of carbonyl (C=O) groups excluding carboxylic acids is 1. The highest BCUT2D eigenvalue weighted by Gasteiger charge is 2.36. The molecular formula is C26H30N6O. The van der Waals surface area contributed by atoms with Gasteiger partial charge in [0.15, 0.2) is 5.82 Å². The minimum absolute atomic E-state index is 0.0987. The number of anilines is 2. The van der Waals surface area contributed by atoms with Crippen LogP contribution >= 0.6 is 0 Å². The monoisotopic (exact) mass is 442 g/mol. The number of aromatic nitrogens is 3. The van der Waals surface area contributed by atoms with Gasteiger partial charge in [-0.15, -0.1) is 0 Å². The maximum atomic E-state index is 13.5. The first kappa shape index (κ1) is 21.5. The summed E-state index contributed by atoms with van der Waals surface area (Å²) in [6.45, 7) is 4.81. The summed E-state index contributed by atoms with van der Waals surface area (Å²) in [6, 6.07) is 15.6. The SMILES string of the molecule is C[C@@H](C(=O)N1CCC[C@H]1c1nc(Nc2ccccc2)cc(-c2ccncc2)n1)N1CCCC1. The first-order valence-electron chi connectivity index (χ1n) is 11.8. The fraction of sp³-hybridized carbons (Fsp3) is 0.385. The second-order valence-electron chi connectivity index (χ2n) is 8.83. The van der Waals surface area contributed by atoms with E-state index in [0.29, 0.717) is 5.82 Å². The van der Waals surface area contributed by atoms with Gasteiger partial charge in [-0.3, -0.25) is 14.7 Å². The van der Waals surface area contributed by atoms with Crippen LogP contribution in [0.5, 0.6) is 0 Å². The van der Waals surface area contributed by atoms with Crippen molar-refractivity contribution < 1.29 is 4.79 Å². The highest BCUT2D eigenvalue weighted by molar-refractivity contribution is 5.82. The Hall–Kier alpha value is -3.32. The zero-order chi connectivity index (χ0) is 22.6. The molecule has 0 saturated carbocycles. The third-order valence-corrected chi connectivity index (χ3v) is 6.65. The van der Waals surface area contributed by atoms with Gasteiger partial charge < -0.3 is 10.2 Å². The molecule has 0 unspecified atom stereocenters. The van der Waals surface area contributed by atoms with Crippen LogP contribution in [0.2, 0.25) is 0 Å². The van der Waals surface area contributed by atoms with E-state index in [0.717, 1.165) is 55.2 Å². The number of carbonyl (C=O) groups is 1. The molecule has 0 aliphatic carbocycles. The van der Waals surface area contributed by atoms with E-state index >= 15 is 0 Å². The van der Waals surface area contributed by atoms with Crippen molar-refractivity contribution >= 4 is 17.4 Å². The smallest absolute Gasteiger partial charge is 0.240 e. The molecule has 2 aliphatic heterocycles. The minimum Gasteiger partial charge on any atom is -0.340 e. The molecule has 1 N–H and O–H groups in total. The molecular weight excluding hydrogens is 412 g/mol. The highest BCUT2D eigenvalue weighted by atomic mass is 16.2. The van der Waals surface area contributed by atoms with Crippen molar-refractivity contribution in [2.24, 2.45) is 0 Å². The van der Waals surface area contributed by atoms with E-state index in [4.69, 9.17) is 9.97 Å². The van der Waals surface area contributed by atoms with Crippen LogP contribution in [0.3, 0.4) is 0 Å². The number of hydrogen-bond donors (Lipinski definition) is 1. The van der Waals surface area contributed by atoms with E-state index in [2.05, 4.69) is 15.2 Å². The minimum atomic E-state index is -0.110. The van der Waals surface area contributed by atoms with Gasteiger partial charge >= 0.3 is 0 Å². The Morgan fingerprint density at radius 2 is 1.76 bits per heavy atom. The zero-order valence-electron chi connectivity index (χ0n) is 19.0. The standard InChI is InChI=1S/C26H30N6O/c1-19(31-15-5-6-16-31)26(33)32-17-7-10-23(32)25-29-22(20-11-13-27-14-12-20)18-24(30-25)28-21-8-3-2-4-9-21/h2-4,8-9,11-14,18-19,23H,5-7,10,15-17H2,1H3,(H,28,29,30)/t19-,23-/m0/s1. The summed E-state index contributed by atoms with van der Waals surface area (Å²) in [7, 11) is 0. The van der Waals surface area contributed by atoms with E-state index in [-0.39, 0.29) is 18.0 Å². The number of rotatable bonds is 6. The molecule has 1 amide bonds. The molecule has 2 atom stereocenters. The van der Waals surface area contributed by atoms with Crippen LogP contribution in [0.4, 0.5) is 11.5 Å². The van der Waals surface area contributed by atoms with Crippen molar-refractivity contribution in [2.45, 2.75) is 44.7 Å². The van der Waals surface area contributed by atoms with Crippen LogP contribution in [-0.4, -0.2) is 56.3 Å². The zero-order valence-corrected chi connectivity index (χ0v) is 19.0. The lowest BCUT2D eigenvalue weighted by Crippen LogP contribution is -2.46. The predicted molar refractivity (Wildman–Crippen MR) is 129 cm³/mol. The Morgan fingerprint density at radius 3 is 2.52 bits per heavy atom. The molecule has 2 saturated heterocycles. The number of nitrogens with zero attached hydrogens (tertiary/aromatic N) is 5. The molecule has 1 aromatic carbocycles. The Bertz CT molecular complexity index is 1080. The van der Waals surface area contributed by atoms with Gasteiger partial charge in [0.1, 0.15) is 5.82 Å². The average molecular weight is 443 g/mol. The summed E-state index contributed by atoms with van der Waals surface area (Å²) in [5, 5.41) is 3.41. The maximum absolute atomic E-state index is 13.5. The summed E-state index contributed by atoms with van der Waals surface area (Å²) >= 11 is 0. The van der Waals surface area contributed by atoms with Crippen LogP contribution in [0.25, 0.3) is 11.3 Å². The van der Waals surface area contributed by atoms with Gasteiger partial charge in [-0.2, -0.15) is 0 Å². The molecule has 3 aromatic rings. The third-order valence-electron chi connectivity index (χ3n) is 6.65. The summed E-state index contributed by atoms with van der Waals surface area (Å²) in [5.41, 5.74) is 2.77. The van der Waals surface area contributed by atoms with Crippen molar-refractivity contribution in [3.8, 4) is 11.3 Å². The number of para-hydroxylation sites is 1. The lowest BCUT2D eigenvalue weighted by molar-refractivity contribution is -0.137. The van der Waals surface area contributed by atoms with Crippen LogP contribution in [0.1, 0.15) is 44.5 Å². The normalized spacial score (nSPS) is 19.5. The van der Waals surface area contributed by atoms with Gasteiger partial charge in [-0.25, -0.2) is 9.97 Å². The molecule has 33 heavy (non-hydrogen) atoms. The van der Waals surface area contributed by atoms with Crippen molar-refractivity contribution in [3.63, 3.8) is 0 Å². The second kappa shape index (κ2) is 9.67. The molecule has 170 valence electrons. The van der Waals surface area contributed by atoms with Crippen LogP contribution in [-0.2, 0) is 4.79 Å². The first-order chi connectivity index (χ1) is 16.2. The Balaban J connectivity index is 1.47. The van der Waals surface area contributed by atoms with Crippen LogP contribution in [0.15, 0.2) is 60.9 Å². The molecule has 5 rings (SSSR count). The molecule has 7 nitrogen and oxygen atoms in total. The summed E-state index contributed by atoms with van der Waals surface area (Å²) < 4.78 is 0. The summed E-state index contributed by atoms with van der Waals surface area (Å²) in [5.74, 6) is 1.61. The molecule has 4 heterocycles. The molecule has 0 bridgehead atoms. The lowest BCUT2D eigenvalue weighted by Gasteiger charge is -2.31. The van der Waals surface area contributed by atoms with E-state index < -0.39 is 0 Å². The van der Waals surface area contributed by atoms with Gasteiger partial charge in [0.05, 0.1) is 17.8 Å². The van der Waals surface area contributed by atoms with E-state index in [1.807, 2.05) is 60.4 Å². The lowest BCUT2D eigenvalue weighted by atomic mass is 10.1. The van der Waals surface area contributed by atoms with Gasteiger partial charge in [-0.1, -0.05) is 18.2 Å². The van der Waals surface area contributed by atoms with Crippen molar-refractivity contribution in [2.75, 3.05) is 25.0 Å². The summed E-state index contributed by atoms with van der Waals surface area (Å²) in [6.07, 6.45) is 7.73. The first-order valence-corrected chi connectivity index (χ1v) is 11.8. The third kappa shape index (κ3) is 4.73. The Labute approximate surface area is 194 Å². The highest BCUT2D eigenvalue weighted by Crippen LogP contribution is 2.33. The van der Waals surface area contributed by atoms with Crippen LogP contribution in [0, 0.1) is 0 Å². The quantitative estimate of drug-likeness (QED) is 0.609. The second-order valence-corrected chi connectivity index (χ2v) is 8.83. The molecule has 0 spiro atoms. The molecule has 2 fully saturated rings. The molecule has 7 heteroatoms. The number of amides is 1. The predicted octanol–water partition coefficient (Wildman–Crippen LogP) is 4.43. The number of pyridine rings is 1. The fourth-order valence-electron chi connectivity index (χ4n) is 4.84. The van der Waals surface area contributed by atoms with E-state index in [1.54, 1.807) is 12.4 Å². The van der Waals surface area contributed by atoms with Crippen molar-refractivity contribution in [1.29, 1.82) is 0 Å². The number of benzene rings is 1. The number of nitrogens with one attached hydrogen (secondary N) is 1. The van der Waals surface area contributed by atoms with E-state index in [1.165, 1.54) is 12.8 Å². The fourth-order valence-corrected chi connectivity index (χ4v) is 4.84. The molecule has 2 aromatic heterocycles. The van der Waals surface area contributed by atoms with Gasteiger partial charge in [0.2, 0.25) is 5.91 Å². The topological polar surface area (TPSA) is 74.2 Å². The van der Waals surface area contributed by atoms with E-state index in [9.17, 15) is 4.79 Å². The number of hydrogen-bond acceptors (Lipinski definition) is 6. The Morgan fingerprint density at radius 1 is 1.00 bits per heavy atom. The molecule has 2 aliphatic rings. The van der Waals surface area contributed by atoms with Gasteiger partial charge in [-0.05, 0) is 70.0 Å². The number of likely N-dealkylation sites (tertiary alicyclic amines) is 2. The largest absolute Gasteiger partial charge is 0.340 e. The Kier molecular flexibility index (Phi) is 6.30. The van der Waals surface area contributed by atoms with Crippen molar-refractivity contribution in [3.05, 3.63) is 66.7 Å². The van der Waals surface area contributed by atoms with Crippen molar-refractivity contribution in [1.82, 2.24) is 24.8 Å². The summed E-state index contributed by atoms with van der Waals surface area (Å²) in [4.78, 5) is 31.7. The molecule has 0 radical (unpaired) electrons. The maximum Gasteiger partial charge on any atom is 0.240 e. The van der Waals surface area contributed by atoms with Gasteiger partial charge in [0.25, 0.3) is 0 Å².